The largest absolute Gasteiger partial charge is 0.0840 e. The third kappa shape index (κ3) is 2.47. The zero-order chi connectivity index (χ0) is 10.1. The number of hydrogen-bond acceptors (Lipinski definition) is 0. The fourth-order valence-electron chi connectivity index (χ4n) is 1.29. The van der Waals surface area contributed by atoms with Crippen molar-refractivity contribution >= 4 is 11.6 Å². The van der Waals surface area contributed by atoms with Crippen molar-refractivity contribution in [3.8, 4) is 0 Å². The molecule has 0 aliphatic heterocycles. The van der Waals surface area contributed by atoms with Crippen LogP contribution in [0.4, 0.5) is 0 Å². The van der Waals surface area contributed by atoms with Gasteiger partial charge in [-0.3, -0.25) is 0 Å². The molecule has 0 heterocycles. The molecule has 0 aromatic heterocycles. The second-order valence-corrected chi connectivity index (χ2v) is 5.02. The van der Waals surface area contributed by atoms with E-state index in [4.69, 9.17) is 11.6 Å². The molecule has 1 aromatic carbocycles. The van der Waals surface area contributed by atoms with Crippen molar-refractivity contribution in [1.29, 1.82) is 0 Å². The van der Waals surface area contributed by atoms with E-state index in [0.717, 1.165) is 5.02 Å². The highest BCUT2D eigenvalue weighted by atomic mass is 35.5. The summed E-state index contributed by atoms with van der Waals surface area (Å²) in [5.74, 6) is 0.487. The number of halogens is 1. The van der Waals surface area contributed by atoms with E-state index in [-0.39, 0.29) is 5.41 Å². The smallest absolute Gasteiger partial charge is 0.0440 e. The molecule has 0 nitrogen and oxygen atoms in total. The Labute approximate surface area is 85.9 Å². The van der Waals surface area contributed by atoms with Gasteiger partial charge in [-0.05, 0) is 23.0 Å². The monoisotopic (exact) mass is 196 g/mol. The van der Waals surface area contributed by atoms with Gasteiger partial charge in [0.25, 0.3) is 0 Å². The summed E-state index contributed by atoms with van der Waals surface area (Å²) in [4.78, 5) is 0. The van der Waals surface area contributed by atoms with E-state index >= 15 is 0 Å². The Kier molecular flexibility index (Phi) is 3.02. The van der Waals surface area contributed by atoms with Crippen LogP contribution in [0.2, 0.25) is 5.02 Å². The summed E-state index contributed by atoms with van der Waals surface area (Å²) in [5, 5.41) is 0.880. The van der Waals surface area contributed by atoms with Crippen LogP contribution in [0.1, 0.15) is 39.2 Å². The lowest BCUT2D eigenvalue weighted by Gasteiger charge is -2.28. The zero-order valence-corrected chi connectivity index (χ0v) is 9.52. The number of hydrogen-bond donors (Lipinski definition) is 0. The summed E-state index contributed by atoms with van der Waals surface area (Å²) in [7, 11) is 0. The lowest BCUT2D eigenvalue weighted by atomic mass is 9.78. The van der Waals surface area contributed by atoms with Gasteiger partial charge in [0.05, 0.1) is 0 Å². The third-order valence-electron chi connectivity index (χ3n) is 2.67. The zero-order valence-electron chi connectivity index (χ0n) is 8.76. The first kappa shape index (κ1) is 10.6. The van der Waals surface area contributed by atoms with Crippen LogP contribution in [0.5, 0.6) is 0 Å². The van der Waals surface area contributed by atoms with Gasteiger partial charge < -0.3 is 0 Å². The fraction of sp³-hybridized carbons (Fsp3) is 0.500. The molecular weight excluding hydrogens is 180 g/mol. The van der Waals surface area contributed by atoms with Crippen molar-refractivity contribution in [2.24, 2.45) is 5.41 Å². The second kappa shape index (κ2) is 3.71. The van der Waals surface area contributed by atoms with E-state index in [1.165, 1.54) is 5.56 Å². The lowest BCUT2D eigenvalue weighted by Crippen LogP contribution is -2.15. The van der Waals surface area contributed by atoms with E-state index in [0.29, 0.717) is 5.92 Å². The van der Waals surface area contributed by atoms with Crippen LogP contribution in [-0.4, -0.2) is 0 Å². The summed E-state index contributed by atoms with van der Waals surface area (Å²) in [6.07, 6.45) is 0. The minimum atomic E-state index is 0.269. The van der Waals surface area contributed by atoms with Gasteiger partial charge >= 0.3 is 0 Å². The van der Waals surface area contributed by atoms with Crippen molar-refractivity contribution in [2.45, 2.75) is 33.6 Å². The normalized spacial score (nSPS) is 14.2. The van der Waals surface area contributed by atoms with Gasteiger partial charge in [-0.1, -0.05) is 57.5 Å². The molecular formula is C12H17Cl. The number of benzene rings is 1. The standard InChI is InChI=1S/C12H17Cl/c1-9(12(2,3)4)10-7-5-6-8-11(10)13/h5-9H,1-4H3/t9-/m1/s1. The quantitative estimate of drug-likeness (QED) is 0.621. The predicted molar refractivity (Wildman–Crippen MR) is 59.3 cm³/mol. The molecule has 0 amide bonds. The van der Waals surface area contributed by atoms with Crippen LogP contribution >= 0.6 is 11.6 Å². The van der Waals surface area contributed by atoms with Gasteiger partial charge in [0.2, 0.25) is 0 Å². The van der Waals surface area contributed by atoms with Crippen LogP contribution in [0.25, 0.3) is 0 Å². The Bertz CT molecular complexity index is 283. The Balaban J connectivity index is 3.02. The number of rotatable bonds is 1. The molecule has 72 valence electrons. The maximum absolute atomic E-state index is 6.13. The minimum Gasteiger partial charge on any atom is -0.0840 e. The SMILES string of the molecule is C[C@H](c1ccccc1Cl)C(C)(C)C. The maximum Gasteiger partial charge on any atom is 0.0440 e. The average Bonchev–Trinajstić information content (AvgIpc) is 2.02. The van der Waals surface area contributed by atoms with Gasteiger partial charge in [0, 0.05) is 5.02 Å². The molecule has 0 N–H and O–H groups in total. The summed E-state index contributed by atoms with van der Waals surface area (Å²) in [6, 6.07) is 8.09. The highest BCUT2D eigenvalue weighted by molar-refractivity contribution is 6.31. The molecule has 0 spiro atoms. The maximum atomic E-state index is 6.13. The summed E-state index contributed by atoms with van der Waals surface area (Å²) < 4.78 is 0. The summed E-state index contributed by atoms with van der Waals surface area (Å²) in [5.41, 5.74) is 1.52. The lowest BCUT2D eigenvalue weighted by molar-refractivity contribution is 0.339. The van der Waals surface area contributed by atoms with Gasteiger partial charge in [0.1, 0.15) is 0 Å². The first-order chi connectivity index (χ1) is 5.93. The molecule has 0 unspecified atom stereocenters. The van der Waals surface area contributed by atoms with Crippen molar-refractivity contribution < 1.29 is 0 Å². The van der Waals surface area contributed by atoms with E-state index < -0.39 is 0 Å². The highest BCUT2D eigenvalue weighted by Crippen LogP contribution is 2.37. The molecule has 1 rings (SSSR count). The second-order valence-electron chi connectivity index (χ2n) is 4.61. The Morgan fingerprint density at radius 2 is 1.69 bits per heavy atom. The van der Waals surface area contributed by atoms with Crippen LogP contribution in [0, 0.1) is 5.41 Å². The van der Waals surface area contributed by atoms with Crippen molar-refractivity contribution in [3.05, 3.63) is 34.9 Å². The molecule has 0 bridgehead atoms. The predicted octanol–water partition coefficient (Wildman–Crippen LogP) is 4.49. The Hall–Kier alpha value is -0.490. The molecule has 13 heavy (non-hydrogen) atoms. The van der Waals surface area contributed by atoms with Crippen molar-refractivity contribution in [1.82, 2.24) is 0 Å². The minimum absolute atomic E-state index is 0.269. The van der Waals surface area contributed by atoms with Gasteiger partial charge in [-0.15, -0.1) is 0 Å². The molecule has 1 atom stereocenters. The van der Waals surface area contributed by atoms with Crippen LogP contribution in [0.15, 0.2) is 24.3 Å². The molecule has 1 aromatic rings. The Morgan fingerprint density at radius 1 is 1.15 bits per heavy atom. The average molecular weight is 197 g/mol. The van der Waals surface area contributed by atoms with Crippen LogP contribution < -0.4 is 0 Å². The van der Waals surface area contributed by atoms with Gasteiger partial charge in [-0.25, -0.2) is 0 Å². The van der Waals surface area contributed by atoms with Crippen molar-refractivity contribution in [3.63, 3.8) is 0 Å². The van der Waals surface area contributed by atoms with Crippen molar-refractivity contribution in [2.75, 3.05) is 0 Å². The van der Waals surface area contributed by atoms with E-state index in [1.807, 2.05) is 18.2 Å². The first-order valence-corrected chi connectivity index (χ1v) is 5.05. The van der Waals surface area contributed by atoms with Gasteiger partial charge in [0.15, 0.2) is 0 Å². The van der Waals surface area contributed by atoms with Gasteiger partial charge in [-0.2, -0.15) is 0 Å². The topological polar surface area (TPSA) is 0 Å². The molecule has 0 aliphatic carbocycles. The third-order valence-corrected chi connectivity index (χ3v) is 3.01. The highest BCUT2D eigenvalue weighted by Gasteiger charge is 2.22. The summed E-state index contributed by atoms with van der Waals surface area (Å²) >= 11 is 6.13. The summed E-state index contributed by atoms with van der Waals surface area (Å²) in [6.45, 7) is 8.93. The van der Waals surface area contributed by atoms with E-state index in [1.54, 1.807) is 0 Å². The fourth-order valence-corrected chi connectivity index (χ4v) is 1.59. The molecule has 1 heteroatoms. The van der Waals surface area contributed by atoms with Crippen LogP contribution in [-0.2, 0) is 0 Å². The Morgan fingerprint density at radius 3 is 2.15 bits per heavy atom. The molecule has 0 saturated heterocycles. The molecule has 0 fully saturated rings. The van der Waals surface area contributed by atoms with E-state index in [9.17, 15) is 0 Å². The van der Waals surface area contributed by atoms with Crippen LogP contribution in [0.3, 0.4) is 0 Å². The molecule has 0 saturated carbocycles. The molecule has 0 radical (unpaired) electrons. The van der Waals surface area contributed by atoms with E-state index in [2.05, 4.69) is 33.8 Å². The first-order valence-electron chi connectivity index (χ1n) is 4.67. The molecule has 0 aliphatic rings.